The average molecular weight is 266 g/mol. The molecule has 0 N–H and O–H groups in total. The molecule has 0 spiro atoms. The number of carbonyl (C=O) groups is 1. The molecular formula is C16H26O3. The monoisotopic (exact) mass is 266 g/mol. The second-order valence-electron chi connectivity index (χ2n) is 7.70. The Morgan fingerprint density at radius 1 is 1.11 bits per heavy atom. The predicted octanol–water partition coefficient (Wildman–Crippen LogP) is 3.17. The van der Waals surface area contributed by atoms with Crippen molar-refractivity contribution in [2.75, 3.05) is 13.4 Å². The zero-order valence-electron chi connectivity index (χ0n) is 12.4. The molecular weight excluding hydrogens is 240 g/mol. The maximum absolute atomic E-state index is 11.7. The molecule has 3 aliphatic rings. The molecule has 0 aromatic carbocycles. The van der Waals surface area contributed by atoms with Crippen LogP contribution in [0.2, 0.25) is 0 Å². The topological polar surface area (TPSA) is 35.5 Å². The molecule has 19 heavy (non-hydrogen) atoms. The summed E-state index contributed by atoms with van der Waals surface area (Å²) in [5.74, 6) is 0.904. The van der Waals surface area contributed by atoms with Crippen molar-refractivity contribution in [3.8, 4) is 0 Å². The lowest BCUT2D eigenvalue weighted by atomic mass is 9.45. The number of hydrogen-bond acceptors (Lipinski definition) is 3. The van der Waals surface area contributed by atoms with Gasteiger partial charge in [-0.05, 0) is 42.4 Å². The van der Waals surface area contributed by atoms with Gasteiger partial charge in [0.2, 0.25) is 0 Å². The van der Waals surface area contributed by atoms with Crippen molar-refractivity contribution in [3.63, 3.8) is 0 Å². The van der Waals surface area contributed by atoms with E-state index in [-0.39, 0.29) is 18.1 Å². The first-order chi connectivity index (χ1) is 8.95. The number of aldehydes is 1. The van der Waals surface area contributed by atoms with Gasteiger partial charge in [0.1, 0.15) is 12.4 Å². The Morgan fingerprint density at radius 2 is 1.89 bits per heavy atom. The molecule has 0 bridgehead atoms. The molecule has 0 aromatic heterocycles. The molecule has 108 valence electrons. The van der Waals surface area contributed by atoms with Crippen LogP contribution in [0.4, 0.5) is 0 Å². The molecule has 1 heterocycles. The summed E-state index contributed by atoms with van der Waals surface area (Å²) < 4.78 is 11.4. The van der Waals surface area contributed by atoms with E-state index in [4.69, 9.17) is 9.47 Å². The minimum atomic E-state index is -0.572. The highest BCUT2D eigenvalue weighted by atomic mass is 16.7. The van der Waals surface area contributed by atoms with E-state index in [1.54, 1.807) is 0 Å². The Hall–Kier alpha value is -0.410. The van der Waals surface area contributed by atoms with Crippen molar-refractivity contribution in [1.29, 1.82) is 0 Å². The second kappa shape index (κ2) is 4.29. The lowest BCUT2D eigenvalue weighted by molar-refractivity contribution is -0.271. The Morgan fingerprint density at radius 3 is 2.63 bits per heavy atom. The van der Waals surface area contributed by atoms with Crippen molar-refractivity contribution in [2.45, 2.75) is 58.5 Å². The lowest BCUT2D eigenvalue weighted by Gasteiger charge is -2.62. The Balaban J connectivity index is 2.00. The second-order valence-corrected chi connectivity index (χ2v) is 7.70. The quantitative estimate of drug-likeness (QED) is 0.684. The summed E-state index contributed by atoms with van der Waals surface area (Å²) in [4.78, 5) is 11.7. The summed E-state index contributed by atoms with van der Waals surface area (Å²) in [6, 6.07) is 0. The van der Waals surface area contributed by atoms with Gasteiger partial charge in [-0.15, -0.1) is 0 Å². The van der Waals surface area contributed by atoms with Crippen LogP contribution in [0.1, 0.15) is 52.9 Å². The molecule has 3 rings (SSSR count). The van der Waals surface area contributed by atoms with E-state index in [1.807, 2.05) is 0 Å². The van der Waals surface area contributed by atoms with Gasteiger partial charge in [-0.25, -0.2) is 0 Å². The SMILES string of the molecule is CC1(C)CCC[C@@]2(C)[C@H]1CC[C@@]1(C=O)OCOC[C@@H]21. The van der Waals surface area contributed by atoms with Gasteiger partial charge in [0.05, 0.1) is 6.61 Å². The van der Waals surface area contributed by atoms with Crippen molar-refractivity contribution >= 4 is 6.29 Å². The van der Waals surface area contributed by atoms with Crippen LogP contribution in [-0.2, 0) is 14.3 Å². The minimum Gasteiger partial charge on any atom is -0.355 e. The zero-order chi connectivity index (χ0) is 13.7. The van der Waals surface area contributed by atoms with E-state index in [1.165, 1.54) is 19.3 Å². The molecule has 2 saturated carbocycles. The van der Waals surface area contributed by atoms with Gasteiger partial charge in [-0.3, -0.25) is 0 Å². The Bertz CT molecular complexity index is 378. The standard InChI is InChI=1S/C16H26O3/c1-14(2)6-4-7-15(3)12(14)5-8-16(10-17)13(15)9-18-11-19-16/h10,12-13H,4-9,11H2,1-3H3/t12-,13-,15-,16-/m0/s1. The normalized spacial score (nSPS) is 49.0. The van der Waals surface area contributed by atoms with Gasteiger partial charge < -0.3 is 14.3 Å². The summed E-state index contributed by atoms with van der Waals surface area (Å²) in [7, 11) is 0. The molecule has 3 heteroatoms. The number of hydrogen-bond donors (Lipinski definition) is 0. The molecule has 3 fully saturated rings. The number of carbonyl (C=O) groups excluding carboxylic acids is 1. The summed E-state index contributed by atoms with van der Waals surface area (Å²) in [6.07, 6.45) is 6.81. The molecule has 1 aliphatic heterocycles. The Labute approximate surface area is 116 Å². The highest BCUT2D eigenvalue weighted by molar-refractivity contribution is 5.64. The van der Waals surface area contributed by atoms with Crippen LogP contribution in [-0.4, -0.2) is 25.3 Å². The highest BCUT2D eigenvalue weighted by Gasteiger charge is 2.61. The van der Waals surface area contributed by atoms with Gasteiger partial charge in [0.15, 0.2) is 6.29 Å². The Kier molecular flexibility index (Phi) is 3.06. The van der Waals surface area contributed by atoms with Gasteiger partial charge in [0.25, 0.3) is 0 Å². The molecule has 0 amide bonds. The van der Waals surface area contributed by atoms with Gasteiger partial charge >= 0.3 is 0 Å². The summed E-state index contributed by atoms with van der Waals surface area (Å²) >= 11 is 0. The van der Waals surface area contributed by atoms with Crippen molar-refractivity contribution < 1.29 is 14.3 Å². The first-order valence-electron chi connectivity index (χ1n) is 7.63. The molecule has 0 radical (unpaired) electrons. The third-order valence-electron chi connectivity index (χ3n) is 6.38. The van der Waals surface area contributed by atoms with Crippen LogP contribution in [0.3, 0.4) is 0 Å². The third kappa shape index (κ3) is 1.81. The highest BCUT2D eigenvalue weighted by Crippen LogP contribution is 2.62. The number of ether oxygens (including phenoxy) is 2. The summed E-state index contributed by atoms with van der Waals surface area (Å²) in [6.45, 7) is 8.13. The lowest BCUT2D eigenvalue weighted by Crippen LogP contribution is -2.63. The fourth-order valence-electron chi connectivity index (χ4n) is 5.40. The first-order valence-corrected chi connectivity index (χ1v) is 7.63. The van der Waals surface area contributed by atoms with Crippen LogP contribution in [0.25, 0.3) is 0 Å². The van der Waals surface area contributed by atoms with Gasteiger partial charge in [0, 0.05) is 5.92 Å². The van der Waals surface area contributed by atoms with Crippen LogP contribution >= 0.6 is 0 Å². The van der Waals surface area contributed by atoms with E-state index in [0.717, 1.165) is 19.1 Å². The van der Waals surface area contributed by atoms with E-state index in [9.17, 15) is 4.79 Å². The smallest absolute Gasteiger partial charge is 0.152 e. The van der Waals surface area contributed by atoms with Crippen molar-refractivity contribution in [2.24, 2.45) is 22.7 Å². The first kappa shape index (κ1) is 13.6. The predicted molar refractivity (Wildman–Crippen MR) is 72.7 cm³/mol. The van der Waals surface area contributed by atoms with Gasteiger partial charge in [-0.2, -0.15) is 0 Å². The van der Waals surface area contributed by atoms with Crippen molar-refractivity contribution in [1.82, 2.24) is 0 Å². The molecule has 1 saturated heterocycles. The van der Waals surface area contributed by atoms with Crippen LogP contribution < -0.4 is 0 Å². The average Bonchev–Trinajstić information content (AvgIpc) is 2.38. The van der Waals surface area contributed by atoms with Crippen LogP contribution in [0.15, 0.2) is 0 Å². The number of rotatable bonds is 1. The van der Waals surface area contributed by atoms with E-state index in [0.29, 0.717) is 17.9 Å². The molecule has 2 aliphatic carbocycles. The largest absolute Gasteiger partial charge is 0.355 e. The van der Waals surface area contributed by atoms with E-state index in [2.05, 4.69) is 20.8 Å². The zero-order valence-corrected chi connectivity index (χ0v) is 12.4. The van der Waals surface area contributed by atoms with E-state index < -0.39 is 5.60 Å². The minimum absolute atomic E-state index is 0.182. The fourth-order valence-corrected chi connectivity index (χ4v) is 5.40. The fraction of sp³-hybridized carbons (Fsp3) is 0.938. The molecule has 3 nitrogen and oxygen atoms in total. The third-order valence-corrected chi connectivity index (χ3v) is 6.38. The maximum atomic E-state index is 11.7. The van der Waals surface area contributed by atoms with Gasteiger partial charge in [-0.1, -0.05) is 27.2 Å². The molecule has 4 atom stereocenters. The van der Waals surface area contributed by atoms with Crippen molar-refractivity contribution in [3.05, 3.63) is 0 Å². The summed E-state index contributed by atoms with van der Waals surface area (Å²) in [5, 5.41) is 0. The van der Waals surface area contributed by atoms with Crippen LogP contribution in [0, 0.1) is 22.7 Å². The van der Waals surface area contributed by atoms with Crippen LogP contribution in [0.5, 0.6) is 0 Å². The number of fused-ring (bicyclic) bond motifs is 3. The van der Waals surface area contributed by atoms with E-state index >= 15 is 0 Å². The maximum Gasteiger partial charge on any atom is 0.152 e. The molecule has 0 unspecified atom stereocenters. The summed E-state index contributed by atoms with van der Waals surface area (Å²) in [5.41, 5.74) is -0.0161. The molecule has 0 aromatic rings.